The second kappa shape index (κ2) is 5.98. The van der Waals surface area contributed by atoms with E-state index in [1.807, 2.05) is 18.2 Å². The van der Waals surface area contributed by atoms with Crippen molar-refractivity contribution in [3.05, 3.63) is 35.9 Å². The minimum atomic E-state index is -3.30. The lowest BCUT2D eigenvalue weighted by molar-refractivity contribution is 0.259. The Morgan fingerprint density at radius 1 is 1.31 bits per heavy atom. The minimum absolute atomic E-state index is 0.0797. The summed E-state index contributed by atoms with van der Waals surface area (Å²) in [4.78, 5) is 0. The lowest BCUT2D eigenvalue weighted by Gasteiger charge is -2.16. The molecule has 1 aromatic rings. The van der Waals surface area contributed by atoms with E-state index >= 15 is 0 Å². The van der Waals surface area contributed by atoms with Crippen LogP contribution in [0.3, 0.4) is 0 Å². The van der Waals surface area contributed by atoms with Crippen molar-refractivity contribution in [2.24, 2.45) is 0 Å². The molecule has 0 aromatic heterocycles. The van der Waals surface area contributed by atoms with Crippen LogP contribution in [0.4, 0.5) is 0 Å². The molecule has 0 aliphatic rings. The van der Waals surface area contributed by atoms with Gasteiger partial charge in [0.15, 0.2) is 0 Å². The van der Waals surface area contributed by atoms with Crippen molar-refractivity contribution in [1.29, 1.82) is 0 Å². The predicted octanol–water partition coefficient (Wildman–Crippen LogP) is 1.05. The van der Waals surface area contributed by atoms with E-state index in [4.69, 9.17) is 0 Å². The molecule has 0 radical (unpaired) electrons. The highest BCUT2D eigenvalue weighted by Crippen LogP contribution is 2.12. The molecule has 0 aliphatic carbocycles. The van der Waals surface area contributed by atoms with E-state index in [9.17, 15) is 13.5 Å². The van der Waals surface area contributed by atoms with Gasteiger partial charge in [-0.1, -0.05) is 37.3 Å². The van der Waals surface area contributed by atoms with Crippen LogP contribution in [-0.2, 0) is 10.0 Å². The van der Waals surface area contributed by atoms with Gasteiger partial charge in [0.05, 0.1) is 18.4 Å². The summed E-state index contributed by atoms with van der Waals surface area (Å²) in [5.41, 5.74) is 0.768. The van der Waals surface area contributed by atoms with Gasteiger partial charge >= 0.3 is 0 Å². The molecule has 0 bridgehead atoms. The smallest absolute Gasteiger partial charge is 0.212 e. The highest BCUT2D eigenvalue weighted by molar-refractivity contribution is 7.89. The fourth-order valence-corrected chi connectivity index (χ4v) is 2.74. The Hall–Kier alpha value is -0.910. The third kappa shape index (κ3) is 3.92. The van der Waals surface area contributed by atoms with Crippen molar-refractivity contribution >= 4 is 10.0 Å². The van der Waals surface area contributed by atoms with Gasteiger partial charge in [-0.2, -0.15) is 0 Å². The molecule has 0 fully saturated rings. The normalized spacial score (nSPS) is 13.6. The molecule has 2 N–H and O–H groups in total. The number of sulfonamides is 1. The van der Waals surface area contributed by atoms with Gasteiger partial charge in [0, 0.05) is 0 Å². The number of nitrogens with one attached hydrogen (secondary N) is 1. The van der Waals surface area contributed by atoms with Crippen molar-refractivity contribution in [3.63, 3.8) is 0 Å². The Morgan fingerprint density at radius 2 is 1.94 bits per heavy atom. The van der Waals surface area contributed by atoms with Crippen molar-refractivity contribution in [2.75, 3.05) is 12.4 Å². The molecule has 5 heteroatoms. The van der Waals surface area contributed by atoms with Gasteiger partial charge in [-0.25, -0.2) is 13.1 Å². The average Bonchev–Trinajstić information content (AvgIpc) is 2.27. The van der Waals surface area contributed by atoms with Crippen molar-refractivity contribution in [2.45, 2.75) is 19.4 Å². The molecule has 0 amide bonds. The predicted molar refractivity (Wildman–Crippen MR) is 63.5 cm³/mol. The summed E-state index contributed by atoms with van der Waals surface area (Å²) >= 11 is 0. The summed E-state index contributed by atoms with van der Waals surface area (Å²) in [6.45, 7) is 1.56. The standard InChI is InChI=1S/C11H17NO3S/c1-2-8-16(14,15)12-11(9-13)10-6-4-3-5-7-10/h3-7,11-13H,2,8-9H2,1H3. The first-order chi connectivity index (χ1) is 7.59. The lowest BCUT2D eigenvalue weighted by atomic mass is 10.1. The molecule has 0 saturated heterocycles. The molecule has 4 nitrogen and oxygen atoms in total. The van der Waals surface area contributed by atoms with Crippen molar-refractivity contribution < 1.29 is 13.5 Å². The molecule has 1 aromatic carbocycles. The average molecular weight is 243 g/mol. The largest absolute Gasteiger partial charge is 0.394 e. The van der Waals surface area contributed by atoms with Gasteiger partial charge in [-0.15, -0.1) is 0 Å². The van der Waals surface area contributed by atoms with E-state index in [0.717, 1.165) is 5.56 Å². The highest BCUT2D eigenvalue weighted by Gasteiger charge is 2.17. The van der Waals surface area contributed by atoms with E-state index in [2.05, 4.69) is 4.72 Å². The molecule has 0 aliphatic heterocycles. The summed E-state index contributed by atoms with van der Waals surface area (Å²) in [7, 11) is -3.30. The maximum atomic E-state index is 11.6. The van der Waals surface area contributed by atoms with Gasteiger partial charge in [0.25, 0.3) is 0 Å². The topological polar surface area (TPSA) is 66.4 Å². The number of hydrogen-bond acceptors (Lipinski definition) is 3. The van der Waals surface area contributed by atoms with E-state index in [0.29, 0.717) is 6.42 Å². The fourth-order valence-electron chi connectivity index (χ4n) is 1.44. The third-order valence-electron chi connectivity index (χ3n) is 2.18. The van der Waals surface area contributed by atoms with Crippen LogP contribution in [0.15, 0.2) is 30.3 Å². The van der Waals surface area contributed by atoms with E-state index in [1.165, 1.54) is 0 Å². The van der Waals surface area contributed by atoms with Crippen LogP contribution in [0, 0.1) is 0 Å². The highest BCUT2D eigenvalue weighted by atomic mass is 32.2. The first-order valence-corrected chi connectivity index (χ1v) is 6.90. The fraction of sp³-hybridized carbons (Fsp3) is 0.455. The molecule has 16 heavy (non-hydrogen) atoms. The number of benzene rings is 1. The summed E-state index contributed by atoms with van der Waals surface area (Å²) < 4.78 is 25.6. The maximum absolute atomic E-state index is 11.6. The van der Waals surface area contributed by atoms with E-state index in [-0.39, 0.29) is 12.4 Å². The number of aliphatic hydroxyl groups is 1. The second-order valence-corrected chi connectivity index (χ2v) is 5.46. The second-order valence-electron chi connectivity index (χ2n) is 3.58. The summed E-state index contributed by atoms with van der Waals surface area (Å²) in [6.07, 6.45) is 0.558. The molecular formula is C11H17NO3S. The maximum Gasteiger partial charge on any atom is 0.212 e. The van der Waals surface area contributed by atoms with Crippen LogP contribution in [0.5, 0.6) is 0 Å². The summed E-state index contributed by atoms with van der Waals surface area (Å²) in [5.74, 6) is 0.0797. The Balaban J connectivity index is 2.78. The molecule has 0 spiro atoms. The van der Waals surface area contributed by atoms with Gasteiger partial charge in [-0.05, 0) is 12.0 Å². The zero-order valence-electron chi connectivity index (χ0n) is 9.26. The summed E-state index contributed by atoms with van der Waals surface area (Å²) in [6, 6.07) is 8.49. The van der Waals surface area contributed by atoms with Gasteiger partial charge in [0.2, 0.25) is 10.0 Å². The van der Waals surface area contributed by atoms with Crippen LogP contribution < -0.4 is 4.72 Å². The number of rotatable bonds is 6. The van der Waals surface area contributed by atoms with E-state index < -0.39 is 16.1 Å². The first-order valence-electron chi connectivity index (χ1n) is 5.25. The van der Waals surface area contributed by atoms with Gasteiger partial charge in [0.1, 0.15) is 0 Å². The minimum Gasteiger partial charge on any atom is -0.394 e. The Labute approximate surface area is 96.4 Å². The quantitative estimate of drug-likeness (QED) is 0.785. The SMILES string of the molecule is CCCS(=O)(=O)NC(CO)c1ccccc1. The number of aliphatic hydroxyl groups excluding tert-OH is 1. The van der Waals surface area contributed by atoms with Crippen molar-refractivity contribution in [3.8, 4) is 0 Å². The third-order valence-corrected chi connectivity index (χ3v) is 3.77. The number of hydrogen-bond donors (Lipinski definition) is 2. The zero-order chi connectivity index (χ0) is 12.0. The molecule has 0 saturated carbocycles. The Bertz CT molecular complexity index is 402. The monoisotopic (exact) mass is 243 g/mol. The van der Waals surface area contributed by atoms with Crippen molar-refractivity contribution in [1.82, 2.24) is 4.72 Å². The lowest BCUT2D eigenvalue weighted by Crippen LogP contribution is -2.32. The molecule has 1 unspecified atom stereocenters. The van der Waals surface area contributed by atoms with Gasteiger partial charge < -0.3 is 5.11 Å². The van der Waals surface area contributed by atoms with Crippen LogP contribution in [-0.4, -0.2) is 25.9 Å². The Morgan fingerprint density at radius 3 is 2.44 bits per heavy atom. The molecular weight excluding hydrogens is 226 g/mol. The van der Waals surface area contributed by atoms with Crippen LogP contribution in [0.1, 0.15) is 24.9 Å². The molecule has 1 atom stereocenters. The molecule has 0 heterocycles. The Kier molecular flexibility index (Phi) is 4.92. The van der Waals surface area contributed by atoms with Crippen LogP contribution >= 0.6 is 0 Å². The van der Waals surface area contributed by atoms with E-state index in [1.54, 1.807) is 19.1 Å². The van der Waals surface area contributed by atoms with Crippen LogP contribution in [0.25, 0.3) is 0 Å². The zero-order valence-corrected chi connectivity index (χ0v) is 10.1. The summed E-state index contributed by atoms with van der Waals surface area (Å²) in [5, 5.41) is 9.18. The first kappa shape index (κ1) is 13.2. The molecule has 90 valence electrons. The van der Waals surface area contributed by atoms with Crippen LogP contribution in [0.2, 0.25) is 0 Å². The molecule has 1 rings (SSSR count). The van der Waals surface area contributed by atoms with Gasteiger partial charge in [-0.3, -0.25) is 0 Å².